The number of rotatable bonds is 3. The highest BCUT2D eigenvalue weighted by molar-refractivity contribution is 7.90. The van der Waals surface area contributed by atoms with E-state index in [0.717, 1.165) is 0 Å². The van der Waals surface area contributed by atoms with Crippen molar-refractivity contribution in [2.45, 2.75) is 4.90 Å². The van der Waals surface area contributed by atoms with E-state index in [4.69, 9.17) is 5.73 Å². The second kappa shape index (κ2) is 4.57. The Balaban J connectivity index is 3.01. The van der Waals surface area contributed by atoms with Gasteiger partial charge in [0.15, 0.2) is 0 Å². The van der Waals surface area contributed by atoms with Crippen molar-refractivity contribution in [3.63, 3.8) is 0 Å². The predicted molar refractivity (Wildman–Crippen MR) is 53.3 cm³/mol. The van der Waals surface area contributed by atoms with Crippen LogP contribution in [-0.4, -0.2) is 19.5 Å². The lowest BCUT2D eigenvalue weighted by Crippen LogP contribution is -2.21. The normalized spacial score (nSPS) is 12.1. The zero-order chi connectivity index (χ0) is 12.2. The van der Waals surface area contributed by atoms with Crippen molar-refractivity contribution in [1.29, 1.82) is 0 Å². The average molecular weight is 245 g/mol. The number of sulfonamides is 1. The van der Waals surface area contributed by atoms with Crippen LogP contribution in [-0.2, 0) is 14.9 Å². The quantitative estimate of drug-likeness (QED) is 0.343. The molecule has 0 bridgehead atoms. The first-order valence-corrected chi connectivity index (χ1v) is 5.33. The summed E-state index contributed by atoms with van der Waals surface area (Å²) in [5.41, 5.74) is 4.91. The summed E-state index contributed by atoms with van der Waals surface area (Å²) in [6.07, 6.45) is 0. The van der Waals surface area contributed by atoms with Gasteiger partial charge in [-0.1, -0.05) is 18.2 Å². The van der Waals surface area contributed by atoms with Crippen LogP contribution in [0.25, 0.3) is 0 Å². The third kappa shape index (κ3) is 3.20. The Morgan fingerprint density at radius 1 is 1.38 bits per heavy atom. The molecule has 0 amide bonds. The maximum Gasteiger partial charge on any atom is 0.302 e. The molecule has 0 saturated carbocycles. The molecule has 0 heterocycles. The van der Waals surface area contributed by atoms with E-state index in [9.17, 15) is 18.5 Å². The number of nitrogens with zero attached hydrogens (tertiary/aromatic N) is 2. The minimum Gasteiger partial charge on any atom is -0.364 e. The number of nitrogens with two attached hydrogens (primary N) is 1. The van der Waals surface area contributed by atoms with Gasteiger partial charge in [-0.15, -0.1) is 14.5 Å². The van der Waals surface area contributed by atoms with Gasteiger partial charge in [0, 0.05) is 0 Å². The van der Waals surface area contributed by atoms with E-state index in [2.05, 4.69) is 9.24 Å². The minimum atomic E-state index is -4.07. The third-order valence-electron chi connectivity index (χ3n) is 1.42. The van der Waals surface area contributed by atoms with Crippen molar-refractivity contribution < 1.29 is 18.3 Å². The van der Waals surface area contributed by atoms with Gasteiger partial charge in [-0.3, -0.25) is 0 Å². The summed E-state index contributed by atoms with van der Waals surface area (Å²) < 4.78 is 25.8. The molecule has 9 heteroatoms. The number of hydrogen-bond acceptors (Lipinski definition) is 5. The Hall–Kier alpha value is -2.16. The van der Waals surface area contributed by atoms with Gasteiger partial charge in [0.05, 0.1) is 4.90 Å². The highest BCUT2D eigenvalue weighted by Gasteiger charge is 2.14. The van der Waals surface area contributed by atoms with Crippen LogP contribution in [0.15, 0.2) is 39.6 Å². The van der Waals surface area contributed by atoms with Crippen LogP contribution in [0, 0.1) is 10.1 Å². The van der Waals surface area contributed by atoms with Crippen LogP contribution in [0.1, 0.15) is 0 Å². The third-order valence-corrected chi connectivity index (χ3v) is 2.71. The van der Waals surface area contributed by atoms with Gasteiger partial charge in [0.2, 0.25) is 0 Å². The van der Waals surface area contributed by atoms with E-state index in [1.807, 2.05) is 0 Å². The first-order chi connectivity index (χ1) is 7.42. The van der Waals surface area contributed by atoms with E-state index in [0.29, 0.717) is 0 Å². The van der Waals surface area contributed by atoms with Crippen molar-refractivity contribution >= 4 is 16.0 Å². The van der Waals surface area contributed by atoms with E-state index >= 15 is 0 Å². The van der Waals surface area contributed by atoms with Crippen LogP contribution in [0.3, 0.4) is 0 Å². The molecule has 0 aliphatic rings. The predicted octanol–water partition coefficient (Wildman–Crippen LogP) is -0.102. The van der Waals surface area contributed by atoms with Gasteiger partial charge < -0.3 is 5.73 Å². The molecule has 0 fully saturated rings. The van der Waals surface area contributed by atoms with Crippen molar-refractivity contribution in [3.05, 3.63) is 40.4 Å². The van der Waals surface area contributed by atoms with Crippen molar-refractivity contribution in [2.75, 3.05) is 0 Å². The van der Waals surface area contributed by atoms with Gasteiger partial charge in [-0.25, -0.2) is 4.84 Å². The van der Waals surface area contributed by atoms with Crippen LogP contribution in [0.5, 0.6) is 0 Å². The van der Waals surface area contributed by atoms with E-state index in [1.54, 1.807) is 6.07 Å². The molecule has 0 atom stereocenters. The summed E-state index contributed by atoms with van der Waals surface area (Å²) in [6.45, 7) is 0. The lowest BCUT2D eigenvalue weighted by molar-refractivity contribution is -0.724. The van der Waals surface area contributed by atoms with Crippen LogP contribution in [0.4, 0.5) is 0 Å². The molecule has 2 N–H and O–H groups in total. The monoisotopic (exact) mass is 245 g/mol. The summed E-state index contributed by atoms with van der Waals surface area (Å²) in [5.74, 6) is 0. The topological polar surface area (TPSA) is 125 Å². The molecular weight excluding hydrogens is 238 g/mol. The van der Waals surface area contributed by atoms with Gasteiger partial charge in [-0.05, 0) is 12.1 Å². The fraction of sp³-hybridized carbons (Fsp3) is 0. The van der Waals surface area contributed by atoms with Gasteiger partial charge in [0.1, 0.15) is 0 Å². The molecule has 0 aromatic heterocycles. The molecule has 1 aromatic carbocycles. The largest absolute Gasteiger partial charge is 0.364 e. The van der Waals surface area contributed by atoms with Crippen molar-refractivity contribution in [1.82, 2.24) is 0 Å². The summed E-state index contributed by atoms with van der Waals surface area (Å²) in [7, 11) is -4.07. The molecule has 0 saturated heterocycles. The summed E-state index contributed by atoms with van der Waals surface area (Å²) in [6, 6.07) is 6.07. The smallest absolute Gasteiger partial charge is 0.302 e. The molecule has 0 unspecified atom stereocenters. The molecule has 8 nitrogen and oxygen atoms in total. The van der Waals surface area contributed by atoms with E-state index in [-0.39, 0.29) is 4.90 Å². The zero-order valence-corrected chi connectivity index (χ0v) is 8.62. The molecule has 0 aliphatic carbocycles. The highest BCUT2D eigenvalue weighted by Crippen LogP contribution is 2.10. The Kier molecular flexibility index (Phi) is 3.40. The summed E-state index contributed by atoms with van der Waals surface area (Å²) in [5, 5.41) is 8.61. The minimum absolute atomic E-state index is 0.134. The van der Waals surface area contributed by atoms with Crippen LogP contribution < -0.4 is 5.73 Å². The lowest BCUT2D eigenvalue weighted by atomic mass is 10.4. The fourth-order valence-corrected chi connectivity index (χ4v) is 1.73. The second-order valence-corrected chi connectivity index (χ2v) is 4.14. The van der Waals surface area contributed by atoms with Crippen LogP contribution in [0.2, 0.25) is 0 Å². The second-order valence-electron chi connectivity index (χ2n) is 2.53. The summed E-state index contributed by atoms with van der Waals surface area (Å²) >= 11 is 0. The SMILES string of the molecule is NC(=NS(=O)(=O)c1ccccc1)O[N+](=O)[O-]. The van der Waals surface area contributed by atoms with Crippen LogP contribution >= 0.6 is 0 Å². The molecule has 0 aliphatic heterocycles. The van der Waals surface area contributed by atoms with Crippen molar-refractivity contribution in [2.24, 2.45) is 10.1 Å². The molecule has 0 radical (unpaired) electrons. The van der Waals surface area contributed by atoms with E-state index in [1.165, 1.54) is 24.3 Å². The molecule has 16 heavy (non-hydrogen) atoms. The molecule has 1 aromatic rings. The zero-order valence-electron chi connectivity index (χ0n) is 7.81. The standard InChI is InChI=1S/C7H7N3O5S/c8-7(15-10(11)12)9-16(13,14)6-4-2-1-3-5-6/h1-5H,(H2,8,9). The number of benzene rings is 1. The first kappa shape index (κ1) is 11.9. The maximum atomic E-state index is 11.5. The number of amidine groups is 1. The van der Waals surface area contributed by atoms with Gasteiger partial charge in [-0.2, -0.15) is 8.42 Å². The van der Waals surface area contributed by atoms with Gasteiger partial charge >= 0.3 is 5.09 Å². The average Bonchev–Trinajstić information content (AvgIpc) is 2.16. The maximum absolute atomic E-state index is 11.5. The molecular formula is C7H7N3O5S. The Morgan fingerprint density at radius 2 is 1.94 bits per heavy atom. The fourth-order valence-electron chi connectivity index (χ4n) is 0.857. The lowest BCUT2D eigenvalue weighted by Gasteiger charge is -1.99. The summed E-state index contributed by atoms with van der Waals surface area (Å²) in [4.78, 5) is 13.4. The molecule has 1 rings (SSSR count). The highest BCUT2D eigenvalue weighted by atomic mass is 32.2. The molecule has 86 valence electrons. The first-order valence-electron chi connectivity index (χ1n) is 3.89. The Bertz CT molecular complexity index is 510. The van der Waals surface area contributed by atoms with E-state index < -0.39 is 21.1 Å². The molecule has 0 spiro atoms. The van der Waals surface area contributed by atoms with Gasteiger partial charge in [0.25, 0.3) is 16.0 Å². The van der Waals surface area contributed by atoms with Crippen molar-refractivity contribution in [3.8, 4) is 0 Å². The number of hydrogen-bond donors (Lipinski definition) is 1. The Labute approximate surface area is 90.5 Å². The Morgan fingerprint density at radius 3 is 2.44 bits per heavy atom.